The maximum Gasteiger partial charge on any atom is 0.459 e. The number of nitrogens with zero attached hydrogens (tertiary/aromatic N) is 3. The summed E-state index contributed by atoms with van der Waals surface area (Å²) in [6, 6.07) is 2.69. The lowest BCUT2D eigenvalue weighted by Crippen LogP contribution is -2.72. The molecular formula is C18H22F5N3OS. The minimum absolute atomic E-state index is 0.185. The van der Waals surface area contributed by atoms with Gasteiger partial charge in [0.2, 0.25) is 0 Å². The number of ether oxygens (including phenoxy) is 1. The summed E-state index contributed by atoms with van der Waals surface area (Å²) in [5, 5.41) is 0. The van der Waals surface area contributed by atoms with Gasteiger partial charge in [-0.1, -0.05) is 0 Å². The quantitative estimate of drug-likeness (QED) is 0.542. The molecule has 10 heteroatoms. The Kier molecular flexibility index (Phi) is 5.13. The monoisotopic (exact) mass is 423 g/mol. The summed E-state index contributed by atoms with van der Waals surface area (Å²) in [6.45, 7) is 7.00. The van der Waals surface area contributed by atoms with E-state index in [1.54, 1.807) is 0 Å². The normalized spacial score (nSPS) is 24.2. The number of rotatable bonds is 4. The van der Waals surface area contributed by atoms with Crippen LogP contribution in [0.15, 0.2) is 17.0 Å². The topological polar surface area (TPSA) is 28.6 Å². The van der Waals surface area contributed by atoms with Crippen molar-refractivity contribution in [2.75, 3.05) is 39.4 Å². The smallest absolute Gasteiger partial charge is 0.381 e. The zero-order valence-corrected chi connectivity index (χ0v) is 16.3. The Bertz CT molecular complexity index is 724. The van der Waals surface area contributed by atoms with Gasteiger partial charge in [0.05, 0.1) is 5.69 Å². The van der Waals surface area contributed by atoms with Crippen LogP contribution >= 0.6 is 11.9 Å². The van der Waals surface area contributed by atoms with Crippen LogP contribution < -0.4 is 0 Å². The molecule has 3 aliphatic rings. The first-order valence-electron chi connectivity index (χ1n) is 9.27. The molecule has 4 rings (SSSR count). The first kappa shape index (κ1) is 20.3. The van der Waals surface area contributed by atoms with Gasteiger partial charge in [0.15, 0.2) is 0 Å². The highest BCUT2D eigenvalue weighted by Crippen LogP contribution is 2.47. The fourth-order valence-electron chi connectivity index (χ4n) is 4.19. The summed E-state index contributed by atoms with van der Waals surface area (Å²) in [5.41, 5.74) is -0.784. The molecule has 1 aromatic heterocycles. The summed E-state index contributed by atoms with van der Waals surface area (Å²) >= 11 is 1.38. The molecule has 1 spiro atoms. The molecule has 0 aliphatic carbocycles. The van der Waals surface area contributed by atoms with Crippen LogP contribution in [0.1, 0.15) is 24.2 Å². The highest BCUT2D eigenvalue weighted by atomic mass is 32.2. The van der Waals surface area contributed by atoms with Crippen molar-refractivity contribution in [3.05, 3.63) is 23.5 Å². The lowest BCUT2D eigenvalue weighted by molar-refractivity contribution is -0.291. The van der Waals surface area contributed by atoms with Crippen LogP contribution in [0.5, 0.6) is 0 Å². The molecule has 4 nitrogen and oxygen atoms in total. The van der Waals surface area contributed by atoms with Gasteiger partial charge in [0.25, 0.3) is 0 Å². The Morgan fingerprint density at radius 2 is 1.71 bits per heavy atom. The van der Waals surface area contributed by atoms with E-state index in [9.17, 15) is 22.0 Å². The van der Waals surface area contributed by atoms with Crippen LogP contribution in [-0.2, 0) is 10.7 Å². The zero-order valence-electron chi connectivity index (χ0n) is 15.4. The summed E-state index contributed by atoms with van der Waals surface area (Å²) < 4.78 is 71.9. The van der Waals surface area contributed by atoms with Crippen molar-refractivity contribution in [3.63, 3.8) is 0 Å². The number of likely N-dealkylation sites (tertiary alicyclic amines) is 1. The van der Waals surface area contributed by atoms with Gasteiger partial charge >= 0.3 is 12.1 Å². The predicted octanol–water partition coefficient (Wildman–Crippen LogP) is 3.85. The van der Waals surface area contributed by atoms with E-state index < -0.39 is 17.8 Å². The lowest BCUT2D eigenvalue weighted by atomic mass is 9.73. The number of aryl methyl sites for hydroxylation is 1. The average Bonchev–Trinajstić information content (AvgIpc) is 2.56. The second-order valence-electron chi connectivity index (χ2n) is 7.99. The van der Waals surface area contributed by atoms with Gasteiger partial charge in [-0.3, -0.25) is 9.88 Å². The average molecular weight is 423 g/mol. The van der Waals surface area contributed by atoms with Crippen molar-refractivity contribution in [2.45, 2.75) is 42.8 Å². The van der Waals surface area contributed by atoms with Crippen LogP contribution in [0, 0.1) is 12.3 Å². The molecule has 3 aliphatic heterocycles. The van der Waals surface area contributed by atoms with Gasteiger partial charge in [-0.25, -0.2) is 4.31 Å². The van der Waals surface area contributed by atoms with Gasteiger partial charge in [0, 0.05) is 55.7 Å². The summed E-state index contributed by atoms with van der Waals surface area (Å²) in [4.78, 5) is 6.64. The molecule has 28 heavy (non-hydrogen) atoms. The molecule has 0 amide bonds. The van der Waals surface area contributed by atoms with Crippen LogP contribution in [0.4, 0.5) is 22.0 Å². The van der Waals surface area contributed by atoms with Crippen LogP contribution in [-0.4, -0.2) is 65.8 Å². The Labute approximate surface area is 164 Å². The summed E-state index contributed by atoms with van der Waals surface area (Å²) in [7, 11) is 0. The fraction of sp³-hybridized carbons (Fsp3) is 0.722. The molecule has 3 saturated heterocycles. The van der Waals surface area contributed by atoms with E-state index in [1.807, 2.05) is 0 Å². The second-order valence-corrected chi connectivity index (χ2v) is 9.13. The van der Waals surface area contributed by atoms with E-state index in [-0.39, 0.29) is 11.1 Å². The fourth-order valence-corrected chi connectivity index (χ4v) is 5.46. The van der Waals surface area contributed by atoms with E-state index in [4.69, 9.17) is 4.74 Å². The highest BCUT2D eigenvalue weighted by molar-refractivity contribution is 7.97. The van der Waals surface area contributed by atoms with Crippen molar-refractivity contribution < 1.29 is 26.7 Å². The largest absolute Gasteiger partial charge is 0.459 e. The predicted molar refractivity (Wildman–Crippen MR) is 94.2 cm³/mol. The molecule has 4 heterocycles. The third-order valence-corrected chi connectivity index (χ3v) is 6.89. The first-order valence-corrected chi connectivity index (χ1v) is 10.0. The molecule has 0 radical (unpaired) electrons. The maximum absolute atomic E-state index is 13.4. The third-order valence-electron chi connectivity index (χ3n) is 5.75. The Balaban J connectivity index is 1.31. The zero-order chi connectivity index (χ0) is 20.2. The van der Waals surface area contributed by atoms with Crippen molar-refractivity contribution in [1.82, 2.24) is 14.2 Å². The van der Waals surface area contributed by atoms with Crippen LogP contribution in [0.2, 0.25) is 0 Å². The van der Waals surface area contributed by atoms with Crippen molar-refractivity contribution >= 4 is 11.9 Å². The molecule has 0 N–H and O–H groups in total. The van der Waals surface area contributed by atoms with E-state index in [0.717, 1.165) is 58.3 Å². The first-order chi connectivity index (χ1) is 13.1. The van der Waals surface area contributed by atoms with Gasteiger partial charge < -0.3 is 4.74 Å². The number of alkyl halides is 5. The molecule has 0 saturated carbocycles. The molecule has 0 unspecified atom stereocenters. The van der Waals surface area contributed by atoms with Gasteiger partial charge in [0.1, 0.15) is 5.69 Å². The van der Waals surface area contributed by atoms with E-state index >= 15 is 0 Å². The van der Waals surface area contributed by atoms with E-state index in [0.29, 0.717) is 10.9 Å². The number of halogens is 5. The van der Waals surface area contributed by atoms with Gasteiger partial charge in [-0.15, -0.1) is 0 Å². The molecule has 0 aromatic carbocycles. The minimum atomic E-state index is -5.65. The standard InChI is InChI=1S/C18H22F5N3OS/c1-12-14(2-3-15(24-12)17(19,20)18(21,22)23)28-26-10-16(11-26)8-25(9-16)13-4-6-27-7-5-13/h2-3,13H,4-11H2,1H3. The molecule has 0 atom stereocenters. The third kappa shape index (κ3) is 3.64. The SMILES string of the molecule is Cc1nc(C(F)(F)C(F)(F)F)ccc1SN1CC2(C1)CN(C1CCOCC1)C2. The second kappa shape index (κ2) is 7.07. The van der Waals surface area contributed by atoms with Crippen molar-refractivity contribution in [3.8, 4) is 0 Å². The number of hydrogen-bond acceptors (Lipinski definition) is 5. The van der Waals surface area contributed by atoms with Crippen LogP contribution in [0.25, 0.3) is 0 Å². The number of aromatic nitrogens is 1. The Morgan fingerprint density at radius 1 is 1.07 bits per heavy atom. The lowest BCUT2D eigenvalue weighted by Gasteiger charge is -2.62. The highest BCUT2D eigenvalue weighted by Gasteiger charge is 2.60. The number of pyridine rings is 1. The summed E-state index contributed by atoms with van der Waals surface area (Å²) in [6.07, 6.45) is -3.49. The van der Waals surface area contributed by atoms with E-state index in [2.05, 4.69) is 14.2 Å². The Morgan fingerprint density at radius 3 is 2.29 bits per heavy atom. The molecule has 3 fully saturated rings. The van der Waals surface area contributed by atoms with Crippen LogP contribution in [0.3, 0.4) is 0 Å². The summed E-state index contributed by atoms with van der Waals surface area (Å²) in [5.74, 6) is -4.94. The maximum atomic E-state index is 13.4. The van der Waals surface area contributed by atoms with Gasteiger partial charge in [-0.2, -0.15) is 22.0 Å². The molecule has 0 bridgehead atoms. The number of hydrogen-bond donors (Lipinski definition) is 0. The van der Waals surface area contributed by atoms with E-state index in [1.165, 1.54) is 24.9 Å². The molecule has 1 aromatic rings. The minimum Gasteiger partial charge on any atom is -0.381 e. The van der Waals surface area contributed by atoms with Crippen molar-refractivity contribution in [1.29, 1.82) is 0 Å². The van der Waals surface area contributed by atoms with Crippen molar-refractivity contribution in [2.24, 2.45) is 5.41 Å². The molecular weight excluding hydrogens is 401 g/mol. The molecule has 156 valence electrons. The van der Waals surface area contributed by atoms with Gasteiger partial charge in [-0.05, 0) is 43.8 Å². The Hall–Kier alpha value is -0.970.